The molecule has 0 fully saturated rings. The van der Waals surface area contributed by atoms with Gasteiger partial charge in [0, 0.05) is 6.08 Å². The van der Waals surface area contributed by atoms with Gasteiger partial charge >= 0.3 is 0 Å². The quantitative estimate of drug-likeness (QED) is 0.860. The van der Waals surface area contributed by atoms with Crippen molar-refractivity contribution in [1.29, 1.82) is 0 Å². The van der Waals surface area contributed by atoms with Crippen LogP contribution in [0.2, 0.25) is 5.02 Å². The van der Waals surface area contributed by atoms with Crippen molar-refractivity contribution in [2.45, 2.75) is 0 Å². The lowest BCUT2D eigenvalue weighted by atomic mass is 10.3. The summed E-state index contributed by atoms with van der Waals surface area (Å²) in [6.45, 7) is 0. The highest BCUT2D eigenvalue weighted by Gasteiger charge is 2.04. The van der Waals surface area contributed by atoms with E-state index in [9.17, 15) is 9.18 Å². The number of nitrogens with one attached hydrogen (secondary N) is 1. The number of hydrogen-bond donors (Lipinski definition) is 1. The molecule has 0 radical (unpaired) electrons. The number of furan rings is 1. The van der Waals surface area contributed by atoms with E-state index in [1.807, 2.05) is 0 Å². The van der Waals surface area contributed by atoms with Gasteiger partial charge in [-0.25, -0.2) is 4.39 Å². The van der Waals surface area contributed by atoms with Gasteiger partial charge in [-0.3, -0.25) is 4.79 Å². The normalized spacial score (nSPS) is 10.8. The Morgan fingerprint density at radius 1 is 1.39 bits per heavy atom. The SMILES string of the molecule is O=C(C=Cc1ccco1)Nc1ccc(F)cc1Cl. The van der Waals surface area contributed by atoms with Gasteiger partial charge in [0.05, 0.1) is 17.0 Å². The summed E-state index contributed by atoms with van der Waals surface area (Å²) in [5, 5.41) is 2.68. The van der Waals surface area contributed by atoms with E-state index in [0.29, 0.717) is 11.4 Å². The predicted octanol–water partition coefficient (Wildman–Crippen LogP) is 3.72. The van der Waals surface area contributed by atoms with E-state index >= 15 is 0 Å². The Morgan fingerprint density at radius 3 is 2.89 bits per heavy atom. The lowest BCUT2D eigenvalue weighted by molar-refractivity contribution is -0.111. The highest BCUT2D eigenvalue weighted by molar-refractivity contribution is 6.33. The first-order valence-corrected chi connectivity index (χ1v) is 5.50. The van der Waals surface area contributed by atoms with Gasteiger partial charge in [0.25, 0.3) is 0 Å². The summed E-state index contributed by atoms with van der Waals surface area (Å²) in [5.41, 5.74) is 0.354. The summed E-state index contributed by atoms with van der Waals surface area (Å²) in [6, 6.07) is 7.19. The van der Waals surface area contributed by atoms with E-state index < -0.39 is 5.82 Å². The number of anilines is 1. The third-order valence-corrected chi connectivity index (χ3v) is 2.44. The molecule has 18 heavy (non-hydrogen) atoms. The monoisotopic (exact) mass is 265 g/mol. The molecule has 0 aliphatic heterocycles. The van der Waals surface area contributed by atoms with Gasteiger partial charge in [0.2, 0.25) is 5.91 Å². The van der Waals surface area contributed by atoms with Gasteiger partial charge in [-0.1, -0.05) is 11.6 Å². The van der Waals surface area contributed by atoms with E-state index in [-0.39, 0.29) is 10.9 Å². The van der Waals surface area contributed by atoms with Crippen LogP contribution in [0.3, 0.4) is 0 Å². The molecular formula is C13H9ClFNO2. The van der Waals surface area contributed by atoms with Crippen molar-refractivity contribution < 1.29 is 13.6 Å². The molecule has 0 aliphatic rings. The van der Waals surface area contributed by atoms with E-state index in [0.717, 1.165) is 6.07 Å². The number of carbonyl (C=O) groups is 1. The Morgan fingerprint density at radius 2 is 2.22 bits per heavy atom. The smallest absolute Gasteiger partial charge is 0.248 e. The third kappa shape index (κ3) is 3.21. The molecule has 0 saturated heterocycles. The Labute approximate surface area is 108 Å². The number of benzene rings is 1. The molecule has 2 rings (SSSR count). The van der Waals surface area contributed by atoms with E-state index in [4.69, 9.17) is 16.0 Å². The van der Waals surface area contributed by atoms with Gasteiger partial charge in [0.1, 0.15) is 11.6 Å². The lowest BCUT2D eigenvalue weighted by Crippen LogP contribution is -2.08. The second-order valence-electron chi connectivity index (χ2n) is 3.46. The summed E-state index contributed by atoms with van der Waals surface area (Å²) in [6.07, 6.45) is 4.33. The minimum Gasteiger partial charge on any atom is -0.465 e. The average Bonchev–Trinajstić information content (AvgIpc) is 2.83. The van der Waals surface area contributed by atoms with Gasteiger partial charge in [-0.15, -0.1) is 0 Å². The molecule has 0 atom stereocenters. The van der Waals surface area contributed by atoms with Gasteiger partial charge in [0.15, 0.2) is 0 Å². The highest BCUT2D eigenvalue weighted by Crippen LogP contribution is 2.22. The molecule has 0 saturated carbocycles. The third-order valence-electron chi connectivity index (χ3n) is 2.13. The fourth-order valence-corrected chi connectivity index (χ4v) is 1.52. The molecule has 5 heteroatoms. The van der Waals surface area contributed by atoms with Crippen molar-refractivity contribution >= 4 is 29.3 Å². The summed E-state index contributed by atoms with van der Waals surface area (Å²) in [5.74, 6) is -0.264. The highest BCUT2D eigenvalue weighted by atomic mass is 35.5. The summed E-state index contributed by atoms with van der Waals surface area (Å²) in [7, 11) is 0. The van der Waals surface area contributed by atoms with Crippen LogP contribution in [0.15, 0.2) is 47.1 Å². The van der Waals surface area contributed by atoms with Crippen molar-refractivity contribution in [3.8, 4) is 0 Å². The molecular weight excluding hydrogens is 257 g/mol. The number of hydrogen-bond acceptors (Lipinski definition) is 2. The second-order valence-corrected chi connectivity index (χ2v) is 3.87. The summed E-state index contributed by atoms with van der Waals surface area (Å²) < 4.78 is 17.8. The predicted molar refractivity (Wildman–Crippen MR) is 67.8 cm³/mol. The molecule has 1 aromatic carbocycles. The Kier molecular flexibility index (Phi) is 3.79. The molecule has 92 valence electrons. The van der Waals surface area contributed by atoms with Crippen LogP contribution in [0.1, 0.15) is 5.76 Å². The van der Waals surface area contributed by atoms with Crippen LogP contribution in [0.25, 0.3) is 6.08 Å². The molecule has 3 nitrogen and oxygen atoms in total. The van der Waals surface area contributed by atoms with Gasteiger partial charge in [-0.05, 0) is 36.4 Å². The van der Waals surface area contributed by atoms with Crippen LogP contribution in [-0.4, -0.2) is 5.91 Å². The molecule has 0 unspecified atom stereocenters. The number of amides is 1. The molecule has 0 bridgehead atoms. The summed E-state index contributed by atoms with van der Waals surface area (Å²) in [4.78, 5) is 11.6. The largest absolute Gasteiger partial charge is 0.465 e. The Balaban J connectivity index is 2.03. The molecule has 0 spiro atoms. The van der Waals surface area contributed by atoms with Crippen molar-refractivity contribution in [1.82, 2.24) is 0 Å². The minimum atomic E-state index is -0.455. The van der Waals surface area contributed by atoms with Crippen LogP contribution in [0, 0.1) is 5.82 Å². The molecule has 1 heterocycles. The minimum absolute atomic E-state index is 0.148. The van der Waals surface area contributed by atoms with Crippen LogP contribution in [0.5, 0.6) is 0 Å². The zero-order valence-electron chi connectivity index (χ0n) is 9.19. The van der Waals surface area contributed by atoms with Crippen molar-refractivity contribution in [3.05, 3.63) is 59.3 Å². The van der Waals surface area contributed by atoms with Crippen LogP contribution in [-0.2, 0) is 4.79 Å². The summed E-state index contributed by atoms with van der Waals surface area (Å²) >= 11 is 5.78. The van der Waals surface area contributed by atoms with Crippen LogP contribution in [0.4, 0.5) is 10.1 Å². The van der Waals surface area contributed by atoms with Crippen LogP contribution >= 0.6 is 11.6 Å². The van der Waals surface area contributed by atoms with E-state index in [1.54, 1.807) is 12.1 Å². The molecule has 1 N–H and O–H groups in total. The standard InChI is InChI=1S/C13H9ClFNO2/c14-11-8-9(15)3-5-12(11)16-13(17)6-4-10-2-1-7-18-10/h1-8H,(H,16,17). The first-order chi connectivity index (χ1) is 8.65. The topological polar surface area (TPSA) is 42.2 Å². The number of rotatable bonds is 3. The molecule has 2 aromatic rings. The average molecular weight is 266 g/mol. The van der Waals surface area contributed by atoms with E-state index in [2.05, 4.69) is 5.32 Å². The van der Waals surface area contributed by atoms with E-state index in [1.165, 1.54) is 30.5 Å². The maximum atomic E-state index is 12.8. The van der Waals surface area contributed by atoms with Gasteiger partial charge < -0.3 is 9.73 Å². The van der Waals surface area contributed by atoms with Crippen LogP contribution < -0.4 is 5.32 Å². The zero-order chi connectivity index (χ0) is 13.0. The molecule has 1 amide bonds. The zero-order valence-corrected chi connectivity index (χ0v) is 9.95. The maximum Gasteiger partial charge on any atom is 0.248 e. The first-order valence-electron chi connectivity index (χ1n) is 5.13. The van der Waals surface area contributed by atoms with Crippen molar-refractivity contribution in [2.75, 3.05) is 5.32 Å². The lowest BCUT2D eigenvalue weighted by Gasteiger charge is -2.04. The maximum absolute atomic E-state index is 12.8. The molecule has 1 aromatic heterocycles. The Bertz CT molecular complexity index is 579. The van der Waals surface area contributed by atoms with Gasteiger partial charge in [-0.2, -0.15) is 0 Å². The first kappa shape index (κ1) is 12.4. The van der Waals surface area contributed by atoms with Crippen molar-refractivity contribution in [3.63, 3.8) is 0 Å². The Hall–Kier alpha value is -2.07. The number of carbonyl (C=O) groups excluding carboxylic acids is 1. The molecule has 0 aliphatic carbocycles. The fraction of sp³-hybridized carbons (Fsp3) is 0. The second kappa shape index (κ2) is 5.51. The number of halogens is 2. The van der Waals surface area contributed by atoms with Crippen molar-refractivity contribution in [2.24, 2.45) is 0 Å². The fourth-order valence-electron chi connectivity index (χ4n) is 1.31.